The Balaban J connectivity index is 2.07. The van der Waals surface area contributed by atoms with Gasteiger partial charge >= 0.3 is 0 Å². The molecule has 2 rings (SSSR count). The van der Waals surface area contributed by atoms with Gasteiger partial charge in [0.25, 0.3) is 0 Å². The van der Waals surface area contributed by atoms with Gasteiger partial charge in [-0.25, -0.2) is 0 Å². The van der Waals surface area contributed by atoms with Crippen molar-refractivity contribution in [1.29, 1.82) is 0 Å². The van der Waals surface area contributed by atoms with Crippen LogP contribution in [0.15, 0.2) is 11.6 Å². The van der Waals surface area contributed by atoms with Gasteiger partial charge in [0.05, 0.1) is 0 Å². The van der Waals surface area contributed by atoms with Gasteiger partial charge in [-0.15, -0.1) is 0 Å². The molecule has 0 N–H and O–H groups in total. The van der Waals surface area contributed by atoms with Crippen LogP contribution >= 0.6 is 0 Å². The largest absolute Gasteiger partial charge is 0.299 e. The number of carbonyl (C=O) groups excluding carboxylic acids is 1. The van der Waals surface area contributed by atoms with Crippen LogP contribution in [0.25, 0.3) is 0 Å². The third-order valence-electron chi connectivity index (χ3n) is 2.74. The highest BCUT2D eigenvalue weighted by Crippen LogP contribution is 2.52. The molecule has 1 nitrogen and oxygen atoms in total. The molecule has 0 unspecified atom stereocenters. The molecule has 0 aliphatic heterocycles. The highest BCUT2D eigenvalue weighted by molar-refractivity contribution is 5.90. The van der Waals surface area contributed by atoms with E-state index in [-0.39, 0.29) is 5.92 Å². The summed E-state index contributed by atoms with van der Waals surface area (Å²) < 4.78 is 0. The van der Waals surface area contributed by atoms with E-state index in [9.17, 15) is 4.79 Å². The fourth-order valence-electron chi connectivity index (χ4n) is 2.13. The number of rotatable bonds is 1. The first-order valence-electron chi connectivity index (χ1n) is 4.37. The molecule has 11 heavy (non-hydrogen) atoms. The summed E-state index contributed by atoms with van der Waals surface area (Å²) in [6.45, 7) is 4.13. The lowest BCUT2D eigenvalue weighted by atomic mass is 10.00. The summed E-state index contributed by atoms with van der Waals surface area (Å²) in [5, 5.41) is 0. The van der Waals surface area contributed by atoms with E-state index in [0.717, 1.165) is 12.3 Å². The maximum atomic E-state index is 11.4. The lowest BCUT2D eigenvalue weighted by Gasteiger charge is -2.04. The van der Waals surface area contributed by atoms with Crippen molar-refractivity contribution in [2.45, 2.75) is 26.7 Å². The minimum absolute atomic E-state index is 0.281. The molecule has 0 saturated heterocycles. The Morgan fingerprint density at radius 3 is 2.64 bits per heavy atom. The van der Waals surface area contributed by atoms with E-state index >= 15 is 0 Å². The molecule has 0 heterocycles. The van der Waals surface area contributed by atoms with Crippen molar-refractivity contribution >= 4 is 5.78 Å². The Labute approximate surface area is 67.5 Å². The SMILES string of the molecule is CC(C)=C[C@H]1C[C@@H]2C[C@@H]2C1=O. The fraction of sp³-hybridized carbons (Fsp3) is 0.700. The van der Waals surface area contributed by atoms with Crippen LogP contribution in [-0.2, 0) is 4.79 Å². The normalized spacial score (nSPS) is 40.2. The minimum Gasteiger partial charge on any atom is -0.299 e. The highest BCUT2D eigenvalue weighted by atomic mass is 16.1. The van der Waals surface area contributed by atoms with Crippen molar-refractivity contribution in [2.75, 3.05) is 0 Å². The molecule has 2 fully saturated rings. The number of fused-ring (bicyclic) bond motifs is 1. The van der Waals surface area contributed by atoms with Crippen molar-refractivity contribution < 1.29 is 4.79 Å². The molecule has 1 heteroatoms. The highest BCUT2D eigenvalue weighted by Gasteiger charge is 2.51. The zero-order valence-electron chi connectivity index (χ0n) is 7.13. The van der Waals surface area contributed by atoms with Crippen molar-refractivity contribution in [3.05, 3.63) is 11.6 Å². The first kappa shape index (κ1) is 7.08. The first-order valence-corrected chi connectivity index (χ1v) is 4.37. The summed E-state index contributed by atoms with van der Waals surface area (Å²) in [5.74, 6) is 2.03. The third kappa shape index (κ3) is 1.13. The summed E-state index contributed by atoms with van der Waals surface area (Å²) >= 11 is 0. The predicted octanol–water partition coefficient (Wildman–Crippen LogP) is 2.18. The Morgan fingerprint density at radius 1 is 1.45 bits per heavy atom. The van der Waals surface area contributed by atoms with Gasteiger partial charge in [0, 0.05) is 11.8 Å². The Kier molecular flexibility index (Phi) is 1.41. The topological polar surface area (TPSA) is 17.1 Å². The van der Waals surface area contributed by atoms with E-state index in [4.69, 9.17) is 0 Å². The molecule has 3 atom stereocenters. The molecule has 0 bridgehead atoms. The van der Waals surface area contributed by atoms with Crippen molar-refractivity contribution in [1.82, 2.24) is 0 Å². The summed E-state index contributed by atoms with van der Waals surface area (Å²) in [7, 11) is 0. The predicted molar refractivity (Wildman–Crippen MR) is 44.1 cm³/mol. The smallest absolute Gasteiger partial charge is 0.143 e. The molecule has 0 aromatic rings. The van der Waals surface area contributed by atoms with Gasteiger partial charge in [-0.05, 0) is 32.6 Å². The van der Waals surface area contributed by atoms with Gasteiger partial charge in [-0.3, -0.25) is 4.79 Å². The lowest BCUT2D eigenvalue weighted by Crippen LogP contribution is -2.08. The average molecular weight is 150 g/mol. The Bertz CT molecular complexity index is 223. The van der Waals surface area contributed by atoms with Crippen molar-refractivity contribution in [3.63, 3.8) is 0 Å². The van der Waals surface area contributed by atoms with Crippen LogP contribution in [0.1, 0.15) is 26.7 Å². The van der Waals surface area contributed by atoms with Crippen LogP contribution in [0.5, 0.6) is 0 Å². The van der Waals surface area contributed by atoms with Crippen LogP contribution in [0.2, 0.25) is 0 Å². The van der Waals surface area contributed by atoms with Crippen molar-refractivity contribution in [2.24, 2.45) is 17.8 Å². The Hall–Kier alpha value is -0.590. The van der Waals surface area contributed by atoms with E-state index in [1.54, 1.807) is 0 Å². The number of hydrogen-bond donors (Lipinski definition) is 0. The number of allylic oxidation sites excluding steroid dienone is 2. The van der Waals surface area contributed by atoms with Crippen molar-refractivity contribution in [3.8, 4) is 0 Å². The number of ketones is 1. The lowest BCUT2D eigenvalue weighted by molar-refractivity contribution is -0.121. The summed E-state index contributed by atoms with van der Waals surface area (Å²) in [4.78, 5) is 11.4. The van der Waals surface area contributed by atoms with Crippen LogP contribution in [-0.4, -0.2) is 5.78 Å². The Morgan fingerprint density at radius 2 is 2.18 bits per heavy atom. The molecule has 0 aromatic carbocycles. The van der Waals surface area contributed by atoms with E-state index < -0.39 is 0 Å². The van der Waals surface area contributed by atoms with E-state index in [1.807, 2.05) is 0 Å². The van der Waals surface area contributed by atoms with Gasteiger partial charge in [0.1, 0.15) is 5.78 Å². The molecular weight excluding hydrogens is 136 g/mol. The molecular formula is C10H14O. The standard InChI is InChI=1S/C10H14O/c1-6(2)3-8-4-7-5-9(7)10(8)11/h3,7-9H,4-5H2,1-2H3/t7-,8+,9+/m1/s1. The molecule has 0 amide bonds. The second-order valence-electron chi connectivity index (χ2n) is 4.09. The molecule has 0 aromatic heterocycles. The van der Waals surface area contributed by atoms with Crippen LogP contribution in [0, 0.1) is 17.8 Å². The van der Waals surface area contributed by atoms with Gasteiger partial charge in [-0.2, -0.15) is 0 Å². The number of hydrogen-bond acceptors (Lipinski definition) is 1. The summed E-state index contributed by atoms with van der Waals surface area (Å²) in [6.07, 6.45) is 4.45. The second kappa shape index (κ2) is 2.20. The number of Topliss-reactive ketones (excluding diaryl/α,β-unsaturated/α-hetero) is 1. The maximum absolute atomic E-state index is 11.4. The van der Waals surface area contributed by atoms with E-state index in [2.05, 4.69) is 19.9 Å². The van der Waals surface area contributed by atoms with Gasteiger partial charge in [0.2, 0.25) is 0 Å². The molecule has 2 aliphatic carbocycles. The van der Waals surface area contributed by atoms with Crippen LogP contribution < -0.4 is 0 Å². The van der Waals surface area contributed by atoms with Gasteiger partial charge < -0.3 is 0 Å². The zero-order chi connectivity index (χ0) is 8.01. The molecule has 2 aliphatic rings. The second-order valence-corrected chi connectivity index (χ2v) is 4.09. The monoisotopic (exact) mass is 150 g/mol. The molecule has 0 spiro atoms. The molecule has 0 radical (unpaired) electrons. The quantitative estimate of drug-likeness (QED) is 0.523. The van der Waals surface area contributed by atoms with Crippen LogP contribution in [0.4, 0.5) is 0 Å². The average Bonchev–Trinajstić information content (AvgIpc) is 2.58. The fourth-order valence-corrected chi connectivity index (χ4v) is 2.13. The van der Waals surface area contributed by atoms with Crippen LogP contribution in [0.3, 0.4) is 0 Å². The first-order chi connectivity index (χ1) is 5.18. The summed E-state index contributed by atoms with van der Waals surface area (Å²) in [6, 6.07) is 0. The zero-order valence-corrected chi connectivity index (χ0v) is 7.13. The minimum atomic E-state index is 0.281. The number of carbonyl (C=O) groups is 1. The maximum Gasteiger partial charge on any atom is 0.143 e. The third-order valence-corrected chi connectivity index (χ3v) is 2.74. The van der Waals surface area contributed by atoms with Gasteiger partial charge in [-0.1, -0.05) is 11.6 Å². The van der Waals surface area contributed by atoms with E-state index in [1.165, 1.54) is 12.0 Å². The van der Waals surface area contributed by atoms with E-state index in [0.29, 0.717) is 11.7 Å². The molecule has 60 valence electrons. The summed E-state index contributed by atoms with van der Waals surface area (Å²) in [5.41, 5.74) is 1.28. The molecule has 2 saturated carbocycles. The van der Waals surface area contributed by atoms with Gasteiger partial charge in [0.15, 0.2) is 0 Å².